The van der Waals surface area contributed by atoms with Crippen molar-refractivity contribution in [1.29, 1.82) is 0 Å². The van der Waals surface area contributed by atoms with Crippen molar-refractivity contribution in [3.8, 4) is 0 Å². The zero-order valence-corrected chi connectivity index (χ0v) is 17.1. The van der Waals surface area contributed by atoms with Crippen molar-refractivity contribution in [1.82, 2.24) is 4.72 Å². The van der Waals surface area contributed by atoms with E-state index < -0.39 is 15.6 Å². The van der Waals surface area contributed by atoms with Crippen LogP contribution in [0, 0.1) is 0 Å². The summed E-state index contributed by atoms with van der Waals surface area (Å²) >= 11 is 7.38. The van der Waals surface area contributed by atoms with Crippen molar-refractivity contribution >= 4 is 45.0 Å². The van der Waals surface area contributed by atoms with Gasteiger partial charge in [0.25, 0.3) is 0 Å². The van der Waals surface area contributed by atoms with Crippen molar-refractivity contribution in [2.45, 2.75) is 36.1 Å². The van der Waals surface area contributed by atoms with Crippen LogP contribution in [0.4, 0.5) is 5.69 Å². The van der Waals surface area contributed by atoms with E-state index in [0.717, 1.165) is 4.90 Å². The maximum absolute atomic E-state index is 12.4. The lowest BCUT2D eigenvalue weighted by Gasteiger charge is -2.20. The number of halogens is 1. The average Bonchev–Trinajstić information content (AvgIpc) is 2.52. The van der Waals surface area contributed by atoms with E-state index in [1.165, 1.54) is 23.9 Å². The molecule has 0 saturated carbocycles. The SMILES string of the molecule is CC(C)(C)NS(=O)(=O)c1cccc(NC(=O)CSc2ccccc2Cl)c1. The molecule has 5 nitrogen and oxygen atoms in total. The number of anilines is 1. The summed E-state index contributed by atoms with van der Waals surface area (Å²) in [5, 5.41) is 3.30. The fraction of sp³-hybridized carbons (Fsp3) is 0.278. The van der Waals surface area contributed by atoms with Crippen LogP contribution < -0.4 is 10.0 Å². The number of nitrogens with one attached hydrogen (secondary N) is 2. The molecular weight excluding hydrogens is 392 g/mol. The Morgan fingerprint density at radius 3 is 2.46 bits per heavy atom. The summed E-state index contributed by atoms with van der Waals surface area (Å²) in [7, 11) is -3.66. The molecule has 0 spiro atoms. The van der Waals surface area contributed by atoms with Crippen LogP contribution in [0.3, 0.4) is 0 Å². The van der Waals surface area contributed by atoms with Gasteiger partial charge in [-0.15, -0.1) is 11.8 Å². The van der Waals surface area contributed by atoms with Crippen LogP contribution >= 0.6 is 23.4 Å². The second kappa shape index (κ2) is 8.43. The van der Waals surface area contributed by atoms with Crippen LogP contribution in [0.2, 0.25) is 5.02 Å². The molecule has 2 N–H and O–H groups in total. The Labute approximate surface area is 163 Å². The number of carbonyl (C=O) groups excluding carboxylic acids is 1. The average molecular weight is 413 g/mol. The first-order valence-corrected chi connectivity index (χ1v) is 10.7. The minimum absolute atomic E-state index is 0.101. The van der Waals surface area contributed by atoms with E-state index in [1.54, 1.807) is 39.0 Å². The number of carbonyl (C=O) groups is 1. The summed E-state index contributed by atoms with van der Waals surface area (Å²) in [6.07, 6.45) is 0. The summed E-state index contributed by atoms with van der Waals surface area (Å²) < 4.78 is 27.4. The Hall–Kier alpha value is -1.54. The molecule has 140 valence electrons. The first-order chi connectivity index (χ1) is 12.1. The molecule has 0 heterocycles. The highest BCUT2D eigenvalue weighted by Gasteiger charge is 2.22. The topological polar surface area (TPSA) is 75.3 Å². The van der Waals surface area contributed by atoms with Crippen molar-refractivity contribution in [3.05, 3.63) is 53.6 Å². The van der Waals surface area contributed by atoms with Gasteiger partial charge in [0.1, 0.15) is 0 Å². The summed E-state index contributed by atoms with van der Waals surface area (Å²) in [5.74, 6) is -0.0748. The number of rotatable bonds is 6. The number of hydrogen-bond acceptors (Lipinski definition) is 4. The maximum atomic E-state index is 12.4. The number of sulfonamides is 1. The number of hydrogen-bond donors (Lipinski definition) is 2. The molecule has 0 aliphatic rings. The molecule has 0 unspecified atom stereocenters. The fourth-order valence-corrected chi connectivity index (χ4v) is 4.61. The molecule has 2 aromatic rings. The Morgan fingerprint density at radius 1 is 1.12 bits per heavy atom. The molecule has 1 amide bonds. The fourth-order valence-electron chi connectivity index (χ4n) is 2.11. The normalized spacial score (nSPS) is 12.0. The van der Waals surface area contributed by atoms with Gasteiger partial charge in [-0.1, -0.05) is 29.8 Å². The van der Waals surface area contributed by atoms with Gasteiger partial charge in [0.05, 0.1) is 15.7 Å². The minimum atomic E-state index is -3.66. The summed E-state index contributed by atoms with van der Waals surface area (Å²) in [4.78, 5) is 13.1. The van der Waals surface area contributed by atoms with Crippen LogP contribution in [-0.2, 0) is 14.8 Å². The van der Waals surface area contributed by atoms with Crippen LogP contribution in [0.25, 0.3) is 0 Å². The van der Waals surface area contributed by atoms with E-state index in [4.69, 9.17) is 11.6 Å². The second-order valence-corrected chi connectivity index (χ2v) is 9.76. The highest BCUT2D eigenvalue weighted by molar-refractivity contribution is 8.00. The number of amides is 1. The van der Waals surface area contributed by atoms with Crippen molar-refractivity contribution < 1.29 is 13.2 Å². The van der Waals surface area contributed by atoms with Gasteiger partial charge in [-0.3, -0.25) is 4.79 Å². The molecule has 8 heteroatoms. The van der Waals surface area contributed by atoms with Gasteiger partial charge in [-0.05, 0) is 51.1 Å². The van der Waals surface area contributed by atoms with E-state index in [-0.39, 0.29) is 16.6 Å². The van der Waals surface area contributed by atoms with Gasteiger partial charge in [-0.2, -0.15) is 0 Å². The van der Waals surface area contributed by atoms with Gasteiger partial charge in [-0.25, -0.2) is 13.1 Å². The first-order valence-electron chi connectivity index (χ1n) is 7.88. The third-order valence-corrected chi connectivity index (χ3v) is 6.33. The number of benzene rings is 2. The largest absolute Gasteiger partial charge is 0.325 e. The molecule has 2 rings (SSSR count). The Morgan fingerprint density at radius 2 is 1.81 bits per heavy atom. The molecule has 0 saturated heterocycles. The predicted octanol–water partition coefficient (Wildman–Crippen LogP) is 4.15. The van der Waals surface area contributed by atoms with E-state index in [1.807, 2.05) is 18.2 Å². The van der Waals surface area contributed by atoms with Gasteiger partial charge < -0.3 is 5.32 Å². The van der Waals surface area contributed by atoms with Crippen LogP contribution in [-0.4, -0.2) is 25.6 Å². The predicted molar refractivity (Wildman–Crippen MR) is 107 cm³/mol. The molecule has 0 aliphatic heterocycles. The summed E-state index contributed by atoms with van der Waals surface area (Å²) in [6, 6.07) is 13.4. The standard InChI is InChI=1S/C18H21ClN2O3S2/c1-18(2,3)21-26(23,24)14-8-6-7-13(11-14)20-17(22)12-25-16-10-5-4-9-15(16)19/h4-11,21H,12H2,1-3H3,(H,20,22). The van der Waals surface area contributed by atoms with E-state index in [9.17, 15) is 13.2 Å². The third-order valence-electron chi connectivity index (χ3n) is 3.06. The second-order valence-electron chi connectivity index (χ2n) is 6.65. The quantitative estimate of drug-likeness (QED) is 0.699. The summed E-state index contributed by atoms with van der Waals surface area (Å²) in [5.41, 5.74) is -0.171. The smallest absolute Gasteiger partial charge is 0.241 e. The van der Waals surface area contributed by atoms with Crippen molar-refractivity contribution in [3.63, 3.8) is 0 Å². The lowest BCUT2D eigenvalue weighted by atomic mass is 10.1. The maximum Gasteiger partial charge on any atom is 0.241 e. The zero-order chi connectivity index (χ0) is 19.4. The molecule has 0 bridgehead atoms. The summed E-state index contributed by atoms with van der Waals surface area (Å²) in [6.45, 7) is 5.30. The Kier molecular flexibility index (Phi) is 6.74. The molecular formula is C18H21ClN2O3S2. The first kappa shape index (κ1) is 20.8. The zero-order valence-electron chi connectivity index (χ0n) is 14.7. The van der Waals surface area contributed by atoms with E-state index in [2.05, 4.69) is 10.0 Å². The highest BCUT2D eigenvalue weighted by atomic mass is 35.5. The molecule has 0 atom stereocenters. The lowest BCUT2D eigenvalue weighted by Crippen LogP contribution is -2.40. The third kappa shape index (κ3) is 6.32. The molecule has 0 radical (unpaired) electrons. The van der Waals surface area contributed by atoms with Crippen LogP contribution in [0.15, 0.2) is 58.3 Å². The molecule has 2 aromatic carbocycles. The van der Waals surface area contributed by atoms with Crippen molar-refractivity contribution in [2.75, 3.05) is 11.1 Å². The minimum Gasteiger partial charge on any atom is -0.325 e. The highest BCUT2D eigenvalue weighted by Crippen LogP contribution is 2.26. The van der Waals surface area contributed by atoms with Crippen molar-refractivity contribution in [2.24, 2.45) is 0 Å². The van der Waals surface area contributed by atoms with Gasteiger partial charge >= 0.3 is 0 Å². The Balaban J connectivity index is 2.04. The van der Waals surface area contributed by atoms with Gasteiger partial charge in [0, 0.05) is 16.1 Å². The Bertz CT molecular complexity index is 893. The molecule has 0 fully saturated rings. The van der Waals surface area contributed by atoms with Gasteiger partial charge in [0.2, 0.25) is 15.9 Å². The lowest BCUT2D eigenvalue weighted by molar-refractivity contribution is -0.113. The van der Waals surface area contributed by atoms with Crippen LogP contribution in [0.1, 0.15) is 20.8 Å². The number of thioether (sulfide) groups is 1. The molecule has 26 heavy (non-hydrogen) atoms. The van der Waals surface area contributed by atoms with E-state index in [0.29, 0.717) is 10.7 Å². The molecule has 0 aromatic heterocycles. The van der Waals surface area contributed by atoms with E-state index >= 15 is 0 Å². The molecule has 0 aliphatic carbocycles. The van der Waals surface area contributed by atoms with Gasteiger partial charge in [0.15, 0.2) is 0 Å². The monoisotopic (exact) mass is 412 g/mol. The van der Waals surface area contributed by atoms with Crippen LogP contribution in [0.5, 0.6) is 0 Å².